The van der Waals surface area contributed by atoms with Crippen molar-refractivity contribution in [1.82, 2.24) is 0 Å². The van der Waals surface area contributed by atoms with Crippen LogP contribution in [0, 0.1) is 55.4 Å². The van der Waals surface area contributed by atoms with Crippen molar-refractivity contribution >= 4 is 5.97 Å². The van der Waals surface area contributed by atoms with Gasteiger partial charge >= 0.3 is 5.97 Å². The van der Waals surface area contributed by atoms with Crippen molar-refractivity contribution < 1.29 is 14.3 Å². The Bertz CT molecular complexity index is 1660. The molecule has 238 valence electrons. The third-order valence-corrected chi connectivity index (χ3v) is 8.83. The zero-order chi connectivity index (χ0) is 33.3. The van der Waals surface area contributed by atoms with Crippen LogP contribution in [0.4, 0.5) is 0 Å². The maximum atomic E-state index is 11.7. The van der Waals surface area contributed by atoms with Gasteiger partial charge in [-0.2, -0.15) is 0 Å². The number of carbonyl (C=O) groups is 1. The molecule has 0 aromatic heterocycles. The number of hydrogen-bond acceptors (Lipinski definition) is 3. The van der Waals surface area contributed by atoms with Crippen LogP contribution in [0.3, 0.4) is 0 Å². The van der Waals surface area contributed by atoms with Gasteiger partial charge in [0.2, 0.25) is 0 Å². The molecular weight excluding hydrogens is 552 g/mol. The third-order valence-electron chi connectivity index (χ3n) is 8.83. The average Bonchev–Trinajstić information content (AvgIpc) is 3.00. The SMILES string of the molecule is C=CC(=O)OCc1c(C)ccc(Cc2cc(COCc3cc(Cc4ccc(C)cc4C)c(C)cc3C)c(C)cc2C)c1C.CC. The Morgan fingerprint density at radius 2 is 1.07 bits per heavy atom. The normalized spacial score (nSPS) is 10.7. The Kier molecular flexibility index (Phi) is 12.9. The van der Waals surface area contributed by atoms with Crippen molar-refractivity contribution in [3.63, 3.8) is 0 Å². The summed E-state index contributed by atoms with van der Waals surface area (Å²) >= 11 is 0. The lowest BCUT2D eigenvalue weighted by Gasteiger charge is -2.18. The lowest BCUT2D eigenvalue weighted by Crippen LogP contribution is -2.06. The summed E-state index contributed by atoms with van der Waals surface area (Å²) in [5.41, 5.74) is 18.8. The zero-order valence-electron chi connectivity index (χ0n) is 29.2. The molecule has 0 heterocycles. The number of aryl methyl sites for hydroxylation is 7. The molecule has 3 nitrogen and oxygen atoms in total. The smallest absolute Gasteiger partial charge is 0.330 e. The molecule has 0 amide bonds. The van der Waals surface area contributed by atoms with Crippen molar-refractivity contribution in [1.29, 1.82) is 0 Å². The Balaban J connectivity index is 0.00000271. The van der Waals surface area contributed by atoms with E-state index in [9.17, 15) is 4.79 Å². The summed E-state index contributed by atoms with van der Waals surface area (Å²) in [5, 5.41) is 0. The first-order valence-corrected chi connectivity index (χ1v) is 16.2. The van der Waals surface area contributed by atoms with Gasteiger partial charge < -0.3 is 9.47 Å². The summed E-state index contributed by atoms with van der Waals surface area (Å²) in [6, 6.07) is 20.2. The molecule has 0 aliphatic heterocycles. The highest BCUT2D eigenvalue weighted by molar-refractivity contribution is 5.81. The molecule has 0 radical (unpaired) electrons. The molecule has 3 heteroatoms. The molecule has 4 rings (SSSR count). The Hall–Kier alpha value is -3.95. The molecule has 0 spiro atoms. The lowest BCUT2D eigenvalue weighted by atomic mass is 9.91. The fourth-order valence-corrected chi connectivity index (χ4v) is 5.87. The van der Waals surface area contributed by atoms with Crippen LogP contribution in [0.1, 0.15) is 97.3 Å². The van der Waals surface area contributed by atoms with Crippen molar-refractivity contribution in [2.45, 2.75) is 102 Å². The number of benzene rings is 4. The molecule has 4 aromatic carbocycles. The van der Waals surface area contributed by atoms with Gasteiger partial charge in [0, 0.05) is 6.08 Å². The number of rotatable bonds is 11. The van der Waals surface area contributed by atoms with Crippen molar-refractivity contribution in [3.05, 3.63) is 151 Å². The molecule has 0 bridgehead atoms. The standard InChI is InChI=1S/C40H46O3.C2H6/c1-10-40(41)43-24-39-26(3)12-14-34(32(39)9)19-36-21-38(31(8)17-29(36)6)23-42-22-37-20-35(28(5)16-30(37)7)18-33-13-11-25(2)15-27(33)4;1-2/h10-17,20-21H,1,18-19,22-24H2,2-9H3;1-2H3. The summed E-state index contributed by atoms with van der Waals surface area (Å²) in [5.74, 6) is -0.401. The quantitative estimate of drug-likeness (QED) is 0.126. The minimum absolute atomic E-state index is 0.257. The molecule has 4 aromatic rings. The van der Waals surface area contributed by atoms with Crippen molar-refractivity contribution in [3.8, 4) is 0 Å². The topological polar surface area (TPSA) is 35.5 Å². The van der Waals surface area contributed by atoms with Gasteiger partial charge in [0.15, 0.2) is 0 Å². The molecular formula is C42H52O3. The number of carbonyl (C=O) groups excluding carboxylic acids is 1. The van der Waals surface area contributed by atoms with Crippen LogP contribution in [0.15, 0.2) is 67.3 Å². The number of esters is 1. The maximum Gasteiger partial charge on any atom is 0.330 e. The van der Waals surface area contributed by atoms with Crippen molar-refractivity contribution in [2.24, 2.45) is 0 Å². The molecule has 0 unspecified atom stereocenters. The van der Waals surface area contributed by atoms with E-state index in [1.807, 2.05) is 13.8 Å². The van der Waals surface area contributed by atoms with E-state index in [-0.39, 0.29) is 6.61 Å². The second-order valence-electron chi connectivity index (χ2n) is 12.1. The summed E-state index contributed by atoms with van der Waals surface area (Å²) in [6.07, 6.45) is 2.95. The Labute approximate surface area is 272 Å². The molecule has 45 heavy (non-hydrogen) atoms. The van der Waals surface area contributed by atoms with E-state index in [0.29, 0.717) is 13.2 Å². The van der Waals surface area contributed by atoms with E-state index in [2.05, 4.69) is 117 Å². The Morgan fingerprint density at radius 3 is 1.60 bits per heavy atom. The van der Waals surface area contributed by atoms with Gasteiger partial charge in [-0.15, -0.1) is 0 Å². The monoisotopic (exact) mass is 604 g/mol. The van der Waals surface area contributed by atoms with Gasteiger partial charge in [0.05, 0.1) is 13.2 Å². The van der Waals surface area contributed by atoms with E-state index in [0.717, 1.165) is 24.0 Å². The highest BCUT2D eigenvalue weighted by atomic mass is 16.5. The number of ether oxygens (including phenoxy) is 2. The van der Waals surface area contributed by atoms with Gasteiger partial charge in [-0.05, 0) is 146 Å². The number of hydrogen-bond donors (Lipinski definition) is 0. The molecule has 0 saturated carbocycles. The van der Waals surface area contributed by atoms with Crippen LogP contribution in [-0.4, -0.2) is 5.97 Å². The first-order valence-electron chi connectivity index (χ1n) is 16.2. The van der Waals surface area contributed by atoms with Crippen LogP contribution < -0.4 is 0 Å². The molecule has 0 fully saturated rings. The lowest BCUT2D eigenvalue weighted by molar-refractivity contribution is -0.139. The van der Waals surface area contributed by atoms with E-state index < -0.39 is 5.97 Å². The second-order valence-corrected chi connectivity index (χ2v) is 12.1. The van der Waals surface area contributed by atoms with Crippen LogP contribution in [0.2, 0.25) is 0 Å². The van der Waals surface area contributed by atoms with E-state index in [4.69, 9.17) is 9.47 Å². The highest BCUT2D eigenvalue weighted by Crippen LogP contribution is 2.26. The first-order chi connectivity index (χ1) is 21.5. The van der Waals surface area contributed by atoms with E-state index >= 15 is 0 Å². The highest BCUT2D eigenvalue weighted by Gasteiger charge is 2.13. The summed E-state index contributed by atoms with van der Waals surface area (Å²) in [6.45, 7) is 26.2. The third kappa shape index (κ3) is 9.28. The maximum absolute atomic E-state index is 11.7. The summed E-state index contributed by atoms with van der Waals surface area (Å²) in [4.78, 5) is 11.7. The fourth-order valence-electron chi connectivity index (χ4n) is 5.87. The Morgan fingerprint density at radius 1 is 0.578 bits per heavy atom. The predicted octanol–water partition coefficient (Wildman–Crippen LogP) is 10.3. The minimum atomic E-state index is -0.401. The molecule has 0 saturated heterocycles. The first kappa shape index (κ1) is 35.5. The van der Waals surface area contributed by atoms with Crippen LogP contribution in [0.25, 0.3) is 0 Å². The summed E-state index contributed by atoms with van der Waals surface area (Å²) in [7, 11) is 0. The van der Waals surface area contributed by atoms with Crippen LogP contribution >= 0.6 is 0 Å². The molecule has 0 atom stereocenters. The van der Waals surface area contributed by atoms with E-state index in [1.54, 1.807) is 0 Å². The van der Waals surface area contributed by atoms with Gasteiger partial charge in [-0.1, -0.05) is 80.6 Å². The molecule has 0 N–H and O–H groups in total. The predicted molar refractivity (Wildman–Crippen MR) is 189 cm³/mol. The fraction of sp³-hybridized carbons (Fsp3) is 0.357. The molecule has 0 aliphatic carbocycles. The molecule has 0 aliphatic rings. The van der Waals surface area contributed by atoms with Crippen molar-refractivity contribution in [2.75, 3.05) is 0 Å². The second kappa shape index (κ2) is 16.4. The van der Waals surface area contributed by atoms with Gasteiger partial charge in [0.1, 0.15) is 6.61 Å². The van der Waals surface area contributed by atoms with Gasteiger partial charge in [0.25, 0.3) is 0 Å². The van der Waals surface area contributed by atoms with E-state index in [1.165, 1.54) is 78.4 Å². The van der Waals surface area contributed by atoms with Crippen LogP contribution in [0.5, 0.6) is 0 Å². The average molecular weight is 605 g/mol. The van der Waals surface area contributed by atoms with Gasteiger partial charge in [-0.25, -0.2) is 4.79 Å². The summed E-state index contributed by atoms with van der Waals surface area (Å²) < 4.78 is 11.7. The van der Waals surface area contributed by atoms with Crippen LogP contribution in [-0.2, 0) is 46.9 Å². The largest absolute Gasteiger partial charge is 0.458 e. The van der Waals surface area contributed by atoms with Gasteiger partial charge in [-0.3, -0.25) is 0 Å². The minimum Gasteiger partial charge on any atom is -0.458 e. The zero-order valence-corrected chi connectivity index (χ0v) is 29.2.